The first-order valence-corrected chi connectivity index (χ1v) is 6.25. The zero-order chi connectivity index (χ0) is 11.3. The van der Waals surface area contributed by atoms with Crippen molar-refractivity contribution < 1.29 is 4.79 Å². The molecule has 1 aliphatic rings. The zero-order valence-electron chi connectivity index (χ0n) is 9.71. The minimum Gasteiger partial charge on any atom is -0.341 e. The molecule has 0 spiro atoms. The van der Waals surface area contributed by atoms with Gasteiger partial charge in [0, 0.05) is 19.5 Å². The Kier molecular flexibility index (Phi) is 5.40. The average molecular weight is 233 g/mol. The summed E-state index contributed by atoms with van der Waals surface area (Å²) in [6.07, 6.45) is 1.57. The molecule has 0 bridgehead atoms. The molecule has 0 aromatic rings. The van der Waals surface area contributed by atoms with Crippen molar-refractivity contribution >= 4 is 17.5 Å². The summed E-state index contributed by atoms with van der Waals surface area (Å²) in [5.74, 6) is 0.217. The van der Waals surface area contributed by atoms with Gasteiger partial charge in [0.2, 0.25) is 5.91 Å². The molecule has 1 amide bonds. The summed E-state index contributed by atoms with van der Waals surface area (Å²) in [5.41, 5.74) is 0. The molecule has 0 aromatic heterocycles. The van der Waals surface area contributed by atoms with Gasteiger partial charge in [0.05, 0.1) is 5.38 Å². The number of rotatable bonds is 6. The number of nitrogens with zero attached hydrogens (tertiary/aromatic N) is 2. The van der Waals surface area contributed by atoms with E-state index in [-0.39, 0.29) is 11.3 Å². The van der Waals surface area contributed by atoms with Crippen LogP contribution in [0, 0.1) is 0 Å². The molecular formula is C11H21ClN2O. The SMILES string of the molecule is CCN(CC)CCCN1CC(Cl)CC1=O. The van der Waals surface area contributed by atoms with Gasteiger partial charge < -0.3 is 9.80 Å². The van der Waals surface area contributed by atoms with Crippen molar-refractivity contribution in [3.63, 3.8) is 0 Å². The first kappa shape index (κ1) is 12.8. The molecular weight excluding hydrogens is 212 g/mol. The summed E-state index contributed by atoms with van der Waals surface area (Å²) in [5, 5.41) is 0.0333. The highest BCUT2D eigenvalue weighted by molar-refractivity contribution is 6.22. The van der Waals surface area contributed by atoms with E-state index in [1.165, 1.54) is 0 Å². The Hall–Kier alpha value is -0.280. The lowest BCUT2D eigenvalue weighted by Crippen LogP contribution is -2.31. The summed E-state index contributed by atoms with van der Waals surface area (Å²) < 4.78 is 0. The minimum atomic E-state index is 0.0333. The summed E-state index contributed by atoms with van der Waals surface area (Å²) in [6, 6.07) is 0. The number of carbonyl (C=O) groups excluding carboxylic acids is 1. The molecule has 1 rings (SSSR count). The van der Waals surface area contributed by atoms with E-state index in [1.807, 2.05) is 4.90 Å². The lowest BCUT2D eigenvalue weighted by atomic mass is 10.3. The second-order valence-corrected chi connectivity index (χ2v) is 4.64. The Morgan fingerprint density at radius 2 is 2.13 bits per heavy atom. The van der Waals surface area contributed by atoms with Crippen LogP contribution in [0.1, 0.15) is 26.7 Å². The predicted octanol–water partition coefficient (Wildman–Crippen LogP) is 1.56. The number of likely N-dealkylation sites (tertiary alicyclic amines) is 1. The average Bonchev–Trinajstić information content (AvgIpc) is 2.52. The van der Waals surface area contributed by atoms with E-state index in [2.05, 4.69) is 18.7 Å². The van der Waals surface area contributed by atoms with Crippen molar-refractivity contribution in [3.05, 3.63) is 0 Å². The van der Waals surface area contributed by atoms with Gasteiger partial charge in [-0.3, -0.25) is 4.79 Å². The largest absolute Gasteiger partial charge is 0.341 e. The van der Waals surface area contributed by atoms with Gasteiger partial charge in [0.1, 0.15) is 0 Å². The molecule has 4 heteroatoms. The molecule has 0 aliphatic carbocycles. The van der Waals surface area contributed by atoms with Gasteiger partial charge in [0.25, 0.3) is 0 Å². The maximum Gasteiger partial charge on any atom is 0.224 e. The maximum absolute atomic E-state index is 11.4. The van der Waals surface area contributed by atoms with Crippen LogP contribution in [0.15, 0.2) is 0 Å². The van der Waals surface area contributed by atoms with Gasteiger partial charge in [-0.25, -0.2) is 0 Å². The molecule has 0 radical (unpaired) electrons. The van der Waals surface area contributed by atoms with Crippen LogP contribution in [0.5, 0.6) is 0 Å². The van der Waals surface area contributed by atoms with Crippen LogP contribution in [0.3, 0.4) is 0 Å². The Morgan fingerprint density at radius 1 is 1.47 bits per heavy atom. The minimum absolute atomic E-state index is 0.0333. The monoisotopic (exact) mass is 232 g/mol. The standard InChI is InChI=1S/C11H21ClN2O/c1-3-13(4-2)6-5-7-14-9-10(12)8-11(14)15/h10H,3-9H2,1-2H3. The number of carbonyl (C=O) groups is 1. The number of halogens is 1. The van der Waals surface area contributed by atoms with Crippen LogP contribution in [0.2, 0.25) is 0 Å². The second-order valence-electron chi connectivity index (χ2n) is 4.02. The van der Waals surface area contributed by atoms with Gasteiger partial charge in [-0.05, 0) is 26.1 Å². The number of alkyl halides is 1. The lowest BCUT2D eigenvalue weighted by Gasteiger charge is -2.20. The molecule has 88 valence electrons. The Labute approximate surface area is 97.4 Å². The third-order valence-electron chi connectivity index (χ3n) is 2.96. The van der Waals surface area contributed by atoms with Gasteiger partial charge in [0.15, 0.2) is 0 Å². The van der Waals surface area contributed by atoms with Crippen LogP contribution in [-0.2, 0) is 4.79 Å². The van der Waals surface area contributed by atoms with Crippen molar-refractivity contribution in [1.82, 2.24) is 9.80 Å². The maximum atomic E-state index is 11.4. The molecule has 0 aromatic carbocycles. The van der Waals surface area contributed by atoms with Crippen LogP contribution >= 0.6 is 11.6 Å². The molecule has 1 saturated heterocycles. The van der Waals surface area contributed by atoms with Gasteiger partial charge in [-0.2, -0.15) is 0 Å². The van der Waals surface area contributed by atoms with Crippen molar-refractivity contribution in [2.45, 2.75) is 32.1 Å². The van der Waals surface area contributed by atoms with E-state index >= 15 is 0 Å². The van der Waals surface area contributed by atoms with Crippen LogP contribution < -0.4 is 0 Å². The summed E-state index contributed by atoms with van der Waals surface area (Å²) in [4.78, 5) is 15.7. The topological polar surface area (TPSA) is 23.6 Å². The molecule has 1 unspecified atom stereocenters. The molecule has 15 heavy (non-hydrogen) atoms. The summed E-state index contributed by atoms with van der Waals surface area (Å²) in [7, 11) is 0. The third-order valence-corrected chi connectivity index (χ3v) is 3.26. The molecule has 1 fully saturated rings. The number of amides is 1. The van der Waals surface area contributed by atoms with E-state index < -0.39 is 0 Å². The fourth-order valence-corrected chi connectivity index (χ4v) is 2.26. The van der Waals surface area contributed by atoms with Crippen molar-refractivity contribution in [3.8, 4) is 0 Å². The Balaban J connectivity index is 2.17. The predicted molar refractivity (Wildman–Crippen MR) is 63.2 cm³/mol. The van der Waals surface area contributed by atoms with Crippen molar-refractivity contribution in [2.24, 2.45) is 0 Å². The summed E-state index contributed by atoms with van der Waals surface area (Å²) >= 11 is 5.92. The van der Waals surface area contributed by atoms with Crippen LogP contribution in [0.25, 0.3) is 0 Å². The van der Waals surface area contributed by atoms with Crippen molar-refractivity contribution in [1.29, 1.82) is 0 Å². The van der Waals surface area contributed by atoms with Gasteiger partial charge >= 0.3 is 0 Å². The van der Waals surface area contributed by atoms with E-state index in [0.717, 1.165) is 39.1 Å². The molecule has 1 heterocycles. The fourth-order valence-electron chi connectivity index (χ4n) is 1.97. The van der Waals surface area contributed by atoms with Gasteiger partial charge in [-0.1, -0.05) is 13.8 Å². The zero-order valence-corrected chi connectivity index (χ0v) is 10.5. The van der Waals surface area contributed by atoms with E-state index in [9.17, 15) is 4.79 Å². The normalized spacial score (nSPS) is 21.7. The fraction of sp³-hybridized carbons (Fsp3) is 0.909. The first-order valence-electron chi connectivity index (χ1n) is 5.81. The van der Waals surface area contributed by atoms with Crippen LogP contribution in [0.4, 0.5) is 0 Å². The van der Waals surface area contributed by atoms with E-state index in [1.54, 1.807) is 0 Å². The second kappa shape index (κ2) is 6.33. The quantitative estimate of drug-likeness (QED) is 0.649. The highest BCUT2D eigenvalue weighted by Crippen LogP contribution is 2.16. The Morgan fingerprint density at radius 3 is 2.60 bits per heavy atom. The van der Waals surface area contributed by atoms with Gasteiger partial charge in [-0.15, -0.1) is 11.6 Å². The van der Waals surface area contributed by atoms with Crippen molar-refractivity contribution in [2.75, 3.05) is 32.7 Å². The highest BCUT2D eigenvalue weighted by atomic mass is 35.5. The smallest absolute Gasteiger partial charge is 0.224 e. The Bertz CT molecular complexity index is 207. The molecule has 1 aliphatic heterocycles. The highest BCUT2D eigenvalue weighted by Gasteiger charge is 2.27. The van der Waals surface area contributed by atoms with E-state index in [4.69, 9.17) is 11.6 Å². The third kappa shape index (κ3) is 3.99. The molecule has 3 nitrogen and oxygen atoms in total. The van der Waals surface area contributed by atoms with E-state index in [0.29, 0.717) is 6.42 Å². The number of hydrogen-bond donors (Lipinski definition) is 0. The molecule has 0 N–H and O–H groups in total. The first-order chi connectivity index (χ1) is 7.17. The molecule has 0 saturated carbocycles. The number of hydrogen-bond acceptors (Lipinski definition) is 2. The van der Waals surface area contributed by atoms with Crippen LogP contribution in [-0.4, -0.2) is 53.8 Å². The summed E-state index contributed by atoms with van der Waals surface area (Å²) in [6.45, 7) is 9.17. The molecule has 1 atom stereocenters. The lowest BCUT2D eigenvalue weighted by molar-refractivity contribution is -0.127.